The highest BCUT2D eigenvalue weighted by Crippen LogP contribution is 2.06. The molecule has 0 atom stereocenters. The van der Waals surface area contributed by atoms with Gasteiger partial charge in [-0.2, -0.15) is 0 Å². The van der Waals surface area contributed by atoms with Crippen LogP contribution in [0.25, 0.3) is 0 Å². The number of guanidine groups is 1. The summed E-state index contributed by atoms with van der Waals surface area (Å²) >= 11 is 0. The van der Waals surface area contributed by atoms with Gasteiger partial charge >= 0.3 is 0 Å². The minimum atomic E-state index is -0.194. The van der Waals surface area contributed by atoms with Crippen LogP contribution >= 0.6 is 24.0 Å². The maximum atomic E-state index is 13.6. The van der Waals surface area contributed by atoms with Crippen molar-refractivity contribution < 1.29 is 4.39 Å². The molecule has 24 heavy (non-hydrogen) atoms. The zero-order valence-electron chi connectivity index (χ0n) is 15.5. The van der Waals surface area contributed by atoms with Gasteiger partial charge in [0.25, 0.3) is 0 Å². The summed E-state index contributed by atoms with van der Waals surface area (Å²) in [5, 5.41) is 6.43. The van der Waals surface area contributed by atoms with Crippen LogP contribution < -0.4 is 10.6 Å². The molecule has 1 rings (SSSR count). The molecule has 0 amide bonds. The second-order valence-corrected chi connectivity index (χ2v) is 6.22. The van der Waals surface area contributed by atoms with Gasteiger partial charge in [0.1, 0.15) is 5.82 Å². The van der Waals surface area contributed by atoms with E-state index in [1.165, 1.54) is 6.07 Å². The van der Waals surface area contributed by atoms with Crippen LogP contribution in [0.2, 0.25) is 0 Å². The van der Waals surface area contributed by atoms with E-state index in [4.69, 9.17) is 0 Å². The minimum absolute atomic E-state index is 0. The first-order valence-electron chi connectivity index (χ1n) is 8.39. The lowest BCUT2D eigenvalue weighted by Crippen LogP contribution is -2.41. The van der Waals surface area contributed by atoms with E-state index < -0.39 is 0 Å². The average Bonchev–Trinajstić information content (AvgIpc) is 2.50. The van der Waals surface area contributed by atoms with Crippen molar-refractivity contribution in [1.82, 2.24) is 15.5 Å². The molecule has 138 valence electrons. The number of nitrogens with one attached hydrogen (secondary N) is 2. The molecule has 0 aliphatic heterocycles. The van der Waals surface area contributed by atoms with Gasteiger partial charge in [0.15, 0.2) is 5.96 Å². The van der Waals surface area contributed by atoms with E-state index >= 15 is 0 Å². The molecule has 0 spiro atoms. The fraction of sp³-hybridized carbons (Fsp3) is 0.611. The Balaban J connectivity index is 0.00000529. The maximum Gasteiger partial charge on any atom is 0.191 e. The van der Waals surface area contributed by atoms with Crippen LogP contribution in [0.5, 0.6) is 0 Å². The molecule has 0 aromatic heterocycles. The Kier molecular flexibility index (Phi) is 12.0. The van der Waals surface area contributed by atoms with Crippen LogP contribution in [0.3, 0.4) is 0 Å². The highest BCUT2D eigenvalue weighted by Gasteiger charge is 2.12. The number of nitrogens with zero attached hydrogens (tertiary/aromatic N) is 2. The largest absolute Gasteiger partial charge is 0.356 e. The van der Waals surface area contributed by atoms with Crippen LogP contribution in [0, 0.1) is 5.82 Å². The molecule has 0 aliphatic rings. The fourth-order valence-electron chi connectivity index (χ4n) is 2.62. The Hall–Kier alpha value is -0.890. The van der Waals surface area contributed by atoms with Crippen molar-refractivity contribution in [3.05, 3.63) is 35.6 Å². The summed E-state index contributed by atoms with van der Waals surface area (Å²) in [4.78, 5) is 6.65. The first-order valence-corrected chi connectivity index (χ1v) is 8.39. The number of aliphatic imine (C=N–C) groups is 1. The van der Waals surface area contributed by atoms with Crippen LogP contribution in [0.15, 0.2) is 29.3 Å². The monoisotopic (exact) mass is 450 g/mol. The summed E-state index contributed by atoms with van der Waals surface area (Å²) < 4.78 is 13.6. The maximum absolute atomic E-state index is 13.6. The molecule has 6 heteroatoms. The van der Waals surface area contributed by atoms with E-state index in [0.29, 0.717) is 30.2 Å². The Morgan fingerprint density at radius 3 is 2.29 bits per heavy atom. The second kappa shape index (κ2) is 12.5. The van der Waals surface area contributed by atoms with E-state index in [-0.39, 0.29) is 29.8 Å². The number of hydrogen-bond acceptors (Lipinski definition) is 2. The normalized spacial score (nSPS) is 11.8. The van der Waals surface area contributed by atoms with Crippen molar-refractivity contribution in [1.29, 1.82) is 0 Å². The fourth-order valence-corrected chi connectivity index (χ4v) is 2.62. The SMILES string of the molecule is CN=C(NCCCN(C(C)C)C(C)C)NCc1ccccc1F.I. The summed E-state index contributed by atoms with van der Waals surface area (Å²) in [5.74, 6) is 0.508. The van der Waals surface area contributed by atoms with Crippen LogP contribution in [0.4, 0.5) is 4.39 Å². The van der Waals surface area contributed by atoms with Gasteiger partial charge in [0.05, 0.1) is 0 Å². The Bertz CT molecular complexity index is 484. The van der Waals surface area contributed by atoms with Gasteiger partial charge in [-0.1, -0.05) is 18.2 Å². The van der Waals surface area contributed by atoms with Crippen LogP contribution in [0.1, 0.15) is 39.7 Å². The third-order valence-corrected chi connectivity index (χ3v) is 3.84. The smallest absolute Gasteiger partial charge is 0.191 e. The predicted octanol–water partition coefficient (Wildman–Crippen LogP) is 3.62. The van der Waals surface area contributed by atoms with Gasteiger partial charge in [0.2, 0.25) is 0 Å². The van der Waals surface area contributed by atoms with Gasteiger partial charge in [-0.05, 0) is 40.2 Å². The molecule has 0 saturated heterocycles. The van der Waals surface area contributed by atoms with Gasteiger partial charge in [0, 0.05) is 44.3 Å². The molecule has 1 aromatic carbocycles. The van der Waals surface area contributed by atoms with Crippen LogP contribution in [-0.2, 0) is 6.54 Å². The van der Waals surface area contributed by atoms with E-state index in [9.17, 15) is 4.39 Å². The van der Waals surface area contributed by atoms with Crippen molar-refractivity contribution in [3.8, 4) is 0 Å². The first-order chi connectivity index (χ1) is 11.0. The van der Waals surface area contributed by atoms with E-state index in [1.54, 1.807) is 19.2 Å². The third-order valence-electron chi connectivity index (χ3n) is 3.84. The predicted molar refractivity (Wildman–Crippen MR) is 112 cm³/mol. The third kappa shape index (κ3) is 8.28. The van der Waals surface area contributed by atoms with Gasteiger partial charge in [-0.15, -0.1) is 24.0 Å². The topological polar surface area (TPSA) is 39.7 Å². The van der Waals surface area contributed by atoms with Crippen molar-refractivity contribution >= 4 is 29.9 Å². The zero-order chi connectivity index (χ0) is 17.2. The van der Waals surface area contributed by atoms with Crippen molar-refractivity contribution in [2.24, 2.45) is 4.99 Å². The van der Waals surface area contributed by atoms with Crippen molar-refractivity contribution in [2.75, 3.05) is 20.1 Å². The molecule has 0 unspecified atom stereocenters. The zero-order valence-corrected chi connectivity index (χ0v) is 17.8. The van der Waals surface area contributed by atoms with Crippen molar-refractivity contribution in [3.63, 3.8) is 0 Å². The average molecular weight is 450 g/mol. The Morgan fingerprint density at radius 1 is 1.12 bits per heavy atom. The lowest BCUT2D eigenvalue weighted by atomic mass is 10.2. The second-order valence-electron chi connectivity index (χ2n) is 6.22. The van der Waals surface area contributed by atoms with Gasteiger partial charge < -0.3 is 10.6 Å². The summed E-state index contributed by atoms with van der Waals surface area (Å²) in [6.45, 7) is 11.2. The standard InChI is InChI=1S/C18H31FN4.HI/c1-14(2)23(15(3)4)12-8-11-21-18(20-5)22-13-16-9-6-7-10-17(16)19;/h6-7,9-10,14-15H,8,11-13H2,1-5H3,(H2,20,21,22);1H. The molecular weight excluding hydrogens is 418 g/mol. The van der Waals surface area contributed by atoms with Gasteiger partial charge in [-0.25, -0.2) is 4.39 Å². The summed E-state index contributed by atoms with van der Waals surface area (Å²) in [6.07, 6.45) is 1.04. The Morgan fingerprint density at radius 2 is 1.75 bits per heavy atom. The highest BCUT2D eigenvalue weighted by molar-refractivity contribution is 14.0. The highest BCUT2D eigenvalue weighted by atomic mass is 127. The number of hydrogen-bond donors (Lipinski definition) is 2. The molecule has 4 nitrogen and oxygen atoms in total. The molecular formula is C18H32FIN4. The molecule has 0 saturated carbocycles. The lowest BCUT2D eigenvalue weighted by molar-refractivity contribution is 0.173. The minimum Gasteiger partial charge on any atom is -0.356 e. The number of rotatable bonds is 8. The first kappa shape index (κ1) is 23.1. The molecule has 0 bridgehead atoms. The number of halogens is 2. The number of benzene rings is 1. The molecule has 1 aromatic rings. The molecule has 0 fully saturated rings. The van der Waals surface area contributed by atoms with E-state index in [1.807, 2.05) is 6.07 Å². The van der Waals surface area contributed by atoms with Crippen molar-refractivity contribution in [2.45, 2.75) is 52.7 Å². The lowest BCUT2D eigenvalue weighted by Gasteiger charge is -2.30. The van der Waals surface area contributed by atoms with E-state index in [0.717, 1.165) is 19.5 Å². The summed E-state index contributed by atoms with van der Waals surface area (Å²) in [6, 6.07) is 7.88. The molecule has 0 radical (unpaired) electrons. The summed E-state index contributed by atoms with van der Waals surface area (Å²) in [5.41, 5.74) is 0.640. The quantitative estimate of drug-likeness (QED) is 0.275. The van der Waals surface area contributed by atoms with E-state index in [2.05, 4.69) is 48.2 Å². The van der Waals surface area contributed by atoms with Crippen LogP contribution in [-0.4, -0.2) is 43.1 Å². The summed E-state index contributed by atoms with van der Waals surface area (Å²) in [7, 11) is 1.73. The Labute approximate surface area is 163 Å². The molecule has 2 N–H and O–H groups in total. The van der Waals surface area contributed by atoms with Gasteiger partial charge in [-0.3, -0.25) is 9.89 Å². The molecule has 0 aliphatic carbocycles. The molecule has 0 heterocycles.